The molecule has 4 rings (SSSR count). The van der Waals surface area contributed by atoms with Crippen molar-refractivity contribution in [1.82, 2.24) is 24.2 Å². The molecule has 10 heteroatoms. The molecule has 2 aromatic heterocycles. The van der Waals surface area contributed by atoms with Gasteiger partial charge in [-0.1, -0.05) is 6.07 Å². The van der Waals surface area contributed by atoms with Gasteiger partial charge in [-0.3, -0.25) is 14.6 Å². The van der Waals surface area contributed by atoms with Crippen LogP contribution in [0.1, 0.15) is 37.5 Å². The number of hydrogen-bond acceptors (Lipinski definition) is 6. The molecule has 0 spiro atoms. The van der Waals surface area contributed by atoms with Crippen LogP contribution in [-0.2, 0) is 14.8 Å². The summed E-state index contributed by atoms with van der Waals surface area (Å²) in [6.07, 6.45) is 5.41. The molecule has 0 radical (unpaired) electrons. The molecule has 2 saturated heterocycles. The number of carbonyl (C=O) groups excluding carboxylic acids is 1. The number of hydrogen-bond donors (Lipinski definition) is 1. The smallest absolute Gasteiger partial charge is 0.251 e. The Hall–Kier alpha value is -2.59. The predicted octanol–water partition coefficient (Wildman–Crippen LogP) is 1.17. The zero-order valence-corrected chi connectivity index (χ0v) is 17.6. The van der Waals surface area contributed by atoms with E-state index in [1.165, 1.54) is 16.6 Å². The zero-order chi connectivity index (χ0) is 21.3. The number of likely N-dealkylation sites (tertiary alicyclic amines) is 1. The van der Waals surface area contributed by atoms with Crippen molar-refractivity contribution >= 4 is 15.9 Å². The largest absolute Gasteiger partial charge is 0.332 e. The lowest BCUT2D eigenvalue weighted by Crippen LogP contribution is -2.44. The summed E-state index contributed by atoms with van der Waals surface area (Å²) in [5.41, 5.74) is 0.811. The van der Waals surface area contributed by atoms with Crippen molar-refractivity contribution in [2.45, 2.75) is 31.7 Å². The van der Waals surface area contributed by atoms with Crippen molar-refractivity contribution in [2.75, 3.05) is 25.9 Å². The van der Waals surface area contributed by atoms with E-state index in [0.29, 0.717) is 49.7 Å². The molecule has 2 aromatic rings. The quantitative estimate of drug-likeness (QED) is 0.777. The van der Waals surface area contributed by atoms with Crippen molar-refractivity contribution in [3.05, 3.63) is 46.6 Å². The van der Waals surface area contributed by atoms with Crippen molar-refractivity contribution in [2.24, 2.45) is 5.92 Å². The third-order valence-electron chi connectivity index (χ3n) is 5.81. The Balaban J connectivity index is 1.54. The predicted molar refractivity (Wildman–Crippen MR) is 111 cm³/mol. The second-order valence-corrected chi connectivity index (χ2v) is 9.84. The lowest BCUT2D eigenvalue weighted by Gasteiger charge is -2.33. The second-order valence-electron chi connectivity index (χ2n) is 7.86. The molecular weight excluding hydrogens is 406 g/mol. The van der Waals surface area contributed by atoms with Gasteiger partial charge in [0.05, 0.1) is 23.7 Å². The van der Waals surface area contributed by atoms with E-state index in [1.54, 1.807) is 23.2 Å². The summed E-state index contributed by atoms with van der Waals surface area (Å²) in [5.74, 6) is 0.272. The monoisotopic (exact) mass is 431 g/mol. The van der Waals surface area contributed by atoms with Gasteiger partial charge >= 0.3 is 0 Å². The molecule has 2 aliphatic rings. The molecule has 0 bridgehead atoms. The van der Waals surface area contributed by atoms with E-state index in [-0.39, 0.29) is 23.4 Å². The number of amides is 1. The van der Waals surface area contributed by atoms with Crippen LogP contribution in [0, 0.1) is 5.92 Å². The van der Waals surface area contributed by atoms with Crippen molar-refractivity contribution in [3.63, 3.8) is 0 Å². The number of nitrogens with one attached hydrogen (secondary N) is 1. The van der Waals surface area contributed by atoms with Gasteiger partial charge in [0, 0.05) is 37.8 Å². The number of nitrogens with zero attached hydrogens (tertiary/aromatic N) is 4. The summed E-state index contributed by atoms with van der Waals surface area (Å²) >= 11 is 0. The Bertz CT molecular complexity index is 1080. The molecule has 0 aromatic carbocycles. The minimum absolute atomic E-state index is 0.0107. The van der Waals surface area contributed by atoms with E-state index in [9.17, 15) is 18.0 Å². The van der Waals surface area contributed by atoms with Crippen LogP contribution < -0.4 is 5.56 Å². The first-order valence-corrected chi connectivity index (χ1v) is 12.0. The minimum atomic E-state index is -3.23. The Morgan fingerprint density at radius 3 is 2.57 bits per heavy atom. The maximum absolute atomic E-state index is 13.2. The van der Waals surface area contributed by atoms with Gasteiger partial charge in [0.2, 0.25) is 15.9 Å². The topological polar surface area (TPSA) is 116 Å². The first-order chi connectivity index (χ1) is 14.3. The molecule has 1 N–H and O–H groups in total. The molecule has 1 atom stereocenters. The molecule has 9 nitrogen and oxygen atoms in total. The maximum atomic E-state index is 13.2. The lowest BCUT2D eigenvalue weighted by atomic mass is 9.96. The van der Waals surface area contributed by atoms with Gasteiger partial charge in [-0.25, -0.2) is 17.7 Å². The SMILES string of the molecule is CS(=O)(=O)N1CCC(C(=O)N2CCCC2c2nc(-c3ccccn3)cc(=O)[nH]2)CC1. The Morgan fingerprint density at radius 1 is 1.13 bits per heavy atom. The minimum Gasteiger partial charge on any atom is -0.332 e. The van der Waals surface area contributed by atoms with Crippen LogP contribution in [0.3, 0.4) is 0 Å². The third kappa shape index (κ3) is 4.29. The highest BCUT2D eigenvalue weighted by Crippen LogP contribution is 2.33. The summed E-state index contributed by atoms with van der Waals surface area (Å²) in [6.45, 7) is 1.32. The summed E-state index contributed by atoms with van der Waals surface area (Å²) in [5, 5.41) is 0. The molecule has 0 aliphatic carbocycles. The van der Waals surface area contributed by atoms with E-state index in [2.05, 4.69) is 15.0 Å². The van der Waals surface area contributed by atoms with E-state index >= 15 is 0 Å². The third-order valence-corrected chi connectivity index (χ3v) is 7.11. The summed E-state index contributed by atoms with van der Waals surface area (Å²) in [4.78, 5) is 38.9. The van der Waals surface area contributed by atoms with Crippen LogP contribution in [0.15, 0.2) is 35.3 Å². The van der Waals surface area contributed by atoms with Crippen LogP contribution >= 0.6 is 0 Å². The molecule has 0 saturated carbocycles. The number of aromatic amines is 1. The molecule has 1 unspecified atom stereocenters. The van der Waals surface area contributed by atoms with Gasteiger partial charge in [0.15, 0.2) is 0 Å². The molecule has 30 heavy (non-hydrogen) atoms. The average molecular weight is 432 g/mol. The van der Waals surface area contributed by atoms with Crippen LogP contribution in [0.4, 0.5) is 0 Å². The standard InChI is InChI=1S/C20H25N5O4S/c1-30(28,29)24-11-7-14(8-12-24)20(27)25-10-4-6-17(25)19-22-16(13-18(26)23-19)15-5-2-3-9-21-15/h2-3,5,9,13-14,17H,4,6-8,10-12H2,1H3,(H,22,23,26). The normalized spacial score (nSPS) is 21.1. The number of piperidine rings is 1. The lowest BCUT2D eigenvalue weighted by molar-refractivity contribution is -0.137. The van der Waals surface area contributed by atoms with Gasteiger partial charge in [0.1, 0.15) is 5.82 Å². The number of rotatable bonds is 4. The van der Waals surface area contributed by atoms with Gasteiger partial charge in [-0.05, 0) is 37.8 Å². The number of sulfonamides is 1. The van der Waals surface area contributed by atoms with Gasteiger partial charge in [-0.2, -0.15) is 0 Å². The van der Waals surface area contributed by atoms with Crippen LogP contribution in [0.25, 0.3) is 11.4 Å². The Kier molecular flexibility index (Phi) is 5.70. The zero-order valence-electron chi connectivity index (χ0n) is 16.8. The van der Waals surface area contributed by atoms with Crippen molar-refractivity contribution in [3.8, 4) is 11.4 Å². The van der Waals surface area contributed by atoms with E-state index in [0.717, 1.165) is 12.8 Å². The first kappa shape index (κ1) is 20.7. The maximum Gasteiger partial charge on any atom is 0.251 e. The Morgan fingerprint density at radius 2 is 1.90 bits per heavy atom. The van der Waals surface area contributed by atoms with E-state index in [4.69, 9.17) is 0 Å². The number of pyridine rings is 1. The van der Waals surface area contributed by atoms with E-state index < -0.39 is 10.0 Å². The highest BCUT2D eigenvalue weighted by Gasteiger charge is 2.37. The molecule has 1 amide bonds. The summed E-state index contributed by atoms with van der Waals surface area (Å²) in [6, 6.07) is 6.54. The number of aromatic nitrogens is 3. The fourth-order valence-electron chi connectivity index (χ4n) is 4.26. The molecular formula is C20H25N5O4S. The highest BCUT2D eigenvalue weighted by molar-refractivity contribution is 7.88. The van der Waals surface area contributed by atoms with Crippen molar-refractivity contribution in [1.29, 1.82) is 0 Å². The molecule has 2 fully saturated rings. The molecule has 2 aliphatic heterocycles. The summed E-state index contributed by atoms with van der Waals surface area (Å²) in [7, 11) is -3.23. The second kappa shape index (κ2) is 8.27. The fraction of sp³-hybridized carbons (Fsp3) is 0.500. The van der Waals surface area contributed by atoms with Gasteiger partial charge < -0.3 is 9.88 Å². The fourth-order valence-corrected chi connectivity index (χ4v) is 5.14. The van der Waals surface area contributed by atoms with Gasteiger partial charge in [-0.15, -0.1) is 0 Å². The molecule has 4 heterocycles. The van der Waals surface area contributed by atoms with Crippen LogP contribution in [0.2, 0.25) is 0 Å². The number of carbonyl (C=O) groups is 1. The van der Waals surface area contributed by atoms with E-state index in [1.807, 2.05) is 6.07 Å². The first-order valence-electron chi connectivity index (χ1n) is 10.1. The molecule has 160 valence electrons. The van der Waals surface area contributed by atoms with Crippen molar-refractivity contribution < 1.29 is 13.2 Å². The van der Waals surface area contributed by atoms with Crippen LogP contribution in [0.5, 0.6) is 0 Å². The number of H-pyrrole nitrogens is 1. The highest BCUT2D eigenvalue weighted by atomic mass is 32.2. The van der Waals surface area contributed by atoms with Crippen LogP contribution in [-0.4, -0.2) is 64.4 Å². The summed E-state index contributed by atoms with van der Waals surface area (Å²) < 4.78 is 24.9. The average Bonchev–Trinajstić information content (AvgIpc) is 3.23. The Labute approximate surface area is 175 Å². The van der Waals surface area contributed by atoms with Gasteiger partial charge in [0.25, 0.3) is 5.56 Å².